The third-order valence-electron chi connectivity index (χ3n) is 4.77. The molecule has 1 fully saturated rings. The highest BCUT2D eigenvalue weighted by Gasteiger charge is 2.21. The van der Waals surface area contributed by atoms with Gasteiger partial charge < -0.3 is 25.2 Å². The number of methoxy groups -OCH3 is 1. The van der Waals surface area contributed by atoms with E-state index in [-0.39, 0.29) is 18.1 Å². The minimum atomic E-state index is -0.307. The van der Waals surface area contributed by atoms with Crippen LogP contribution < -0.4 is 15.5 Å². The number of piperazine rings is 1. The first-order valence-electron chi connectivity index (χ1n) is 9.70. The Morgan fingerprint density at radius 3 is 2.39 bits per heavy atom. The summed E-state index contributed by atoms with van der Waals surface area (Å²) in [5.74, 6) is 0.666. The van der Waals surface area contributed by atoms with Gasteiger partial charge in [-0.3, -0.25) is 4.79 Å². The number of guanidine groups is 1. The van der Waals surface area contributed by atoms with Crippen molar-refractivity contribution in [3.63, 3.8) is 0 Å². The summed E-state index contributed by atoms with van der Waals surface area (Å²) < 4.78 is 5.41. The second-order valence-corrected chi connectivity index (χ2v) is 7.79. The van der Waals surface area contributed by atoms with Crippen molar-refractivity contribution >= 4 is 29.2 Å². The van der Waals surface area contributed by atoms with Crippen molar-refractivity contribution in [2.24, 2.45) is 4.99 Å². The van der Waals surface area contributed by atoms with Crippen LogP contribution in [-0.2, 0) is 9.53 Å². The molecule has 1 aromatic carbocycles. The number of nitrogens with zero attached hydrogens (tertiary/aromatic N) is 3. The predicted molar refractivity (Wildman–Crippen MR) is 115 cm³/mol. The summed E-state index contributed by atoms with van der Waals surface area (Å²) in [5, 5.41) is 7.12. The number of halogens is 1. The Bertz CT molecular complexity index is 655. The van der Waals surface area contributed by atoms with E-state index >= 15 is 0 Å². The first kappa shape index (κ1) is 22.3. The lowest BCUT2D eigenvalue weighted by Crippen LogP contribution is -2.50. The number of nitrogens with one attached hydrogen (secondary N) is 2. The smallest absolute Gasteiger partial charge is 0.244 e. The summed E-state index contributed by atoms with van der Waals surface area (Å²) >= 11 is 5.95. The number of hydrogen-bond acceptors (Lipinski definition) is 4. The van der Waals surface area contributed by atoms with Crippen molar-refractivity contribution in [3.05, 3.63) is 29.3 Å². The van der Waals surface area contributed by atoms with E-state index in [9.17, 15) is 4.79 Å². The Labute approximate surface area is 173 Å². The Balaban J connectivity index is 1.84. The molecule has 0 saturated carbocycles. The van der Waals surface area contributed by atoms with Crippen LogP contribution in [-0.4, -0.2) is 75.3 Å². The summed E-state index contributed by atoms with van der Waals surface area (Å²) in [4.78, 5) is 21.1. The molecule has 0 radical (unpaired) electrons. The maximum atomic E-state index is 12.6. The number of carbonyl (C=O) groups excluding carboxylic acids is 1. The highest BCUT2D eigenvalue weighted by Crippen LogP contribution is 2.19. The van der Waals surface area contributed by atoms with E-state index in [2.05, 4.69) is 20.5 Å². The lowest BCUT2D eigenvalue weighted by Gasteiger charge is -2.36. The van der Waals surface area contributed by atoms with Gasteiger partial charge >= 0.3 is 0 Å². The Hall–Kier alpha value is -1.99. The molecule has 0 aliphatic carbocycles. The zero-order valence-electron chi connectivity index (χ0n) is 17.3. The van der Waals surface area contributed by atoms with Crippen molar-refractivity contribution < 1.29 is 9.53 Å². The molecule has 0 unspecified atom stereocenters. The summed E-state index contributed by atoms with van der Waals surface area (Å²) in [5.41, 5.74) is 0.826. The molecule has 2 rings (SSSR count). The van der Waals surface area contributed by atoms with Crippen LogP contribution in [0.25, 0.3) is 0 Å². The Morgan fingerprint density at radius 2 is 1.82 bits per heavy atom. The second-order valence-electron chi connectivity index (χ2n) is 7.36. The van der Waals surface area contributed by atoms with Crippen molar-refractivity contribution in [2.75, 3.05) is 57.8 Å². The number of benzene rings is 1. The minimum absolute atomic E-state index is 0.0407. The van der Waals surface area contributed by atoms with Crippen LogP contribution in [0.1, 0.15) is 20.8 Å². The highest BCUT2D eigenvalue weighted by molar-refractivity contribution is 6.30. The average Bonchev–Trinajstić information content (AvgIpc) is 2.70. The zero-order chi connectivity index (χ0) is 20.6. The molecule has 2 N–H and O–H groups in total. The molecule has 0 atom stereocenters. The van der Waals surface area contributed by atoms with Crippen molar-refractivity contribution in [2.45, 2.75) is 26.4 Å². The van der Waals surface area contributed by atoms with Crippen LogP contribution >= 0.6 is 11.6 Å². The molecule has 28 heavy (non-hydrogen) atoms. The average molecular weight is 410 g/mol. The van der Waals surface area contributed by atoms with Gasteiger partial charge in [0.05, 0.1) is 5.60 Å². The number of ether oxygens (including phenoxy) is 1. The van der Waals surface area contributed by atoms with Gasteiger partial charge in [-0.25, -0.2) is 4.99 Å². The molecule has 1 heterocycles. The van der Waals surface area contributed by atoms with Crippen LogP contribution in [0.5, 0.6) is 0 Å². The molecule has 7 nitrogen and oxygen atoms in total. The van der Waals surface area contributed by atoms with Gasteiger partial charge in [-0.05, 0) is 45.0 Å². The quantitative estimate of drug-likeness (QED) is 0.532. The normalized spacial score (nSPS) is 15.5. The number of carbonyl (C=O) groups is 1. The van der Waals surface area contributed by atoms with Crippen LogP contribution in [0.4, 0.5) is 5.69 Å². The van der Waals surface area contributed by atoms with Crippen LogP contribution in [0.3, 0.4) is 0 Å². The molecule has 1 aromatic rings. The molecule has 0 aromatic heterocycles. The second kappa shape index (κ2) is 10.5. The van der Waals surface area contributed by atoms with E-state index in [0.29, 0.717) is 25.6 Å². The minimum Gasteiger partial charge on any atom is -0.377 e. The molecule has 8 heteroatoms. The number of amides is 1. The summed E-state index contributed by atoms with van der Waals surface area (Å²) in [6, 6.07) is 7.81. The number of hydrogen-bond donors (Lipinski definition) is 2. The summed E-state index contributed by atoms with van der Waals surface area (Å²) in [6.45, 7) is 10.4. The topological polar surface area (TPSA) is 69.2 Å². The zero-order valence-corrected chi connectivity index (χ0v) is 18.1. The van der Waals surface area contributed by atoms with Gasteiger partial charge in [0.15, 0.2) is 5.96 Å². The largest absolute Gasteiger partial charge is 0.377 e. The standard InChI is InChI=1S/C20H32ClN5O2/c1-5-22-19(24-15-20(2,3)28-4)23-14-18(27)26-12-10-25(11-13-26)17-8-6-16(21)7-9-17/h6-9H,5,10-15H2,1-4H3,(H2,22,23,24). The van der Waals surface area contributed by atoms with Crippen molar-refractivity contribution in [3.8, 4) is 0 Å². The molecule has 0 bridgehead atoms. The van der Waals surface area contributed by atoms with E-state index in [0.717, 1.165) is 30.3 Å². The fraction of sp³-hybridized carbons (Fsp3) is 0.600. The molecule has 0 spiro atoms. The molecule has 1 aliphatic heterocycles. The molecule has 1 saturated heterocycles. The molecule has 1 amide bonds. The van der Waals surface area contributed by atoms with Crippen molar-refractivity contribution in [1.82, 2.24) is 15.5 Å². The number of aliphatic imine (C=N–C) groups is 1. The van der Waals surface area contributed by atoms with E-state index in [4.69, 9.17) is 16.3 Å². The predicted octanol–water partition coefficient (Wildman–Crippen LogP) is 1.97. The third-order valence-corrected chi connectivity index (χ3v) is 5.03. The van der Waals surface area contributed by atoms with E-state index in [1.54, 1.807) is 7.11 Å². The van der Waals surface area contributed by atoms with Crippen molar-refractivity contribution in [1.29, 1.82) is 0 Å². The lowest BCUT2D eigenvalue weighted by atomic mass is 10.1. The van der Waals surface area contributed by atoms with Gasteiger partial charge in [-0.1, -0.05) is 11.6 Å². The lowest BCUT2D eigenvalue weighted by molar-refractivity contribution is -0.129. The number of anilines is 1. The molecule has 1 aliphatic rings. The summed E-state index contributed by atoms with van der Waals surface area (Å²) in [7, 11) is 1.68. The van der Waals surface area contributed by atoms with Crippen LogP contribution in [0.2, 0.25) is 5.02 Å². The fourth-order valence-electron chi connectivity index (χ4n) is 2.82. The van der Waals surface area contributed by atoms with Gasteiger partial charge in [-0.15, -0.1) is 0 Å². The third kappa shape index (κ3) is 6.87. The van der Waals surface area contributed by atoms with Gasteiger partial charge in [0.2, 0.25) is 5.91 Å². The molecular formula is C20H32ClN5O2. The summed E-state index contributed by atoms with van der Waals surface area (Å²) in [6.07, 6.45) is 0. The van der Waals surface area contributed by atoms with Crippen LogP contribution in [0, 0.1) is 0 Å². The van der Waals surface area contributed by atoms with E-state index < -0.39 is 0 Å². The molecule has 156 valence electrons. The maximum absolute atomic E-state index is 12.6. The Kier molecular flexibility index (Phi) is 8.38. The Morgan fingerprint density at radius 1 is 1.18 bits per heavy atom. The van der Waals surface area contributed by atoms with Gasteiger partial charge in [0.1, 0.15) is 6.54 Å². The monoisotopic (exact) mass is 409 g/mol. The maximum Gasteiger partial charge on any atom is 0.244 e. The van der Waals surface area contributed by atoms with Crippen LogP contribution in [0.15, 0.2) is 29.3 Å². The number of rotatable bonds is 7. The first-order chi connectivity index (χ1) is 13.3. The van der Waals surface area contributed by atoms with Gasteiger partial charge in [0, 0.05) is 57.1 Å². The van der Waals surface area contributed by atoms with E-state index in [1.165, 1.54) is 0 Å². The molecular weight excluding hydrogens is 378 g/mol. The highest BCUT2D eigenvalue weighted by atomic mass is 35.5. The van der Waals surface area contributed by atoms with E-state index in [1.807, 2.05) is 49.9 Å². The van der Waals surface area contributed by atoms with Gasteiger partial charge in [-0.2, -0.15) is 0 Å². The van der Waals surface area contributed by atoms with Gasteiger partial charge in [0.25, 0.3) is 0 Å². The SMILES string of the molecule is CCNC(=NCC(=O)N1CCN(c2ccc(Cl)cc2)CC1)NCC(C)(C)OC. The first-order valence-corrected chi connectivity index (χ1v) is 10.1. The fourth-order valence-corrected chi connectivity index (χ4v) is 2.95.